The Hall–Kier alpha value is -3.34. The molecule has 140 valence electrons. The molecule has 1 aliphatic heterocycles. The third-order valence-corrected chi connectivity index (χ3v) is 5.37. The molecule has 1 amide bonds. The van der Waals surface area contributed by atoms with Crippen LogP contribution in [0.2, 0.25) is 0 Å². The second-order valence-corrected chi connectivity index (χ2v) is 7.14. The molecular weight excluding hydrogens is 350 g/mol. The Morgan fingerprint density at radius 1 is 1.11 bits per heavy atom. The van der Waals surface area contributed by atoms with Crippen molar-refractivity contribution < 1.29 is 9.53 Å². The number of aromatic nitrogens is 2. The monoisotopic (exact) mass is 371 g/mol. The fraction of sp³-hybridized carbons (Fsp3) is 0.217. The number of nitrogens with one attached hydrogen (secondary N) is 1. The maximum atomic E-state index is 13.3. The predicted molar refractivity (Wildman–Crippen MR) is 110 cm³/mol. The molecule has 0 atom stereocenters. The Labute approximate surface area is 162 Å². The predicted octanol–water partition coefficient (Wildman–Crippen LogP) is 4.35. The molecule has 5 heteroatoms. The molecule has 0 radical (unpaired) electrons. The molecule has 0 aliphatic carbocycles. The lowest BCUT2D eigenvalue weighted by Crippen LogP contribution is -2.49. The third kappa shape index (κ3) is 2.71. The summed E-state index contributed by atoms with van der Waals surface area (Å²) >= 11 is 0. The van der Waals surface area contributed by atoms with E-state index in [4.69, 9.17) is 4.74 Å². The number of hydrogen-bond acceptors (Lipinski definition) is 3. The number of hydrogen-bond donors (Lipinski definition) is 1. The molecule has 5 rings (SSSR count). The second-order valence-electron chi connectivity index (χ2n) is 7.14. The zero-order valence-electron chi connectivity index (χ0n) is 15.7. The first-order valence-electron chi connectivity index (χ1n) is 9.63. The molecule has 3 aromatic carbocycles. The summed E-state index contributed by atoms with van der Waals surface area (Å²) in [6.45, 7) is 3.78. The van der Waals surface area contributed by atoms with E-state index in [9.17, 15) is 4.79 Å². The number of carbonyl (C=O) groups excluding carboxylic acids is 1. The molecule has 2 heterocycles. The van der Waals surface area contributed by atoms with Crippen molar-refractivity contribution in [3.63, 3.8) is 0 Å². The Balaban J connectivity index is 1.42. The number of ether oxygens (including phenoxy) is 1. The summed E-state index contributed by atoms with van der Waals surface area (Å²) in [5, 5.41) is 1.98. The lowest BCUT2D eigenvalue weighted by molar-refractivity contribution is 0.0594. The van der Waals surface area contributed by atoms with E-state index in [1.54, 1.807) is 0 Å². The van der Waals surface area contributed by atoms with Crippen molar-refractivity contribution in [2.45, 2.75) is 12.8 Å². The highest BCUT2D eigenvalue weighted by Gasteiger charge is 2.35. The summed E-state index contributed by atoms with van der Waals surface area (Å²) in [6.07, 6.45) is 0. The van der Waals surface area contributed by atoms with Crippen molar-refractivity contribution in [2.75, 3.05) is 19.7 Å². The zero-order chi connectivity index (χ0) is 19.1. The van der Waals surface area contributed by atoms with Crippen LogP contribution in [0, 0.1) is 0 Å². The zero-order valence-corrected chi connectivity index (χ0v) is 15.7. The molecule has 0 bridgehead atoms. The first-order chi connectivity index (χ1) is 13.7. The van der Waals surface area contributed by atoms with E-state index in [1.165, 1.54) is 0 Å². The molecule has 0 saturated carbocycles. The van der Waals surface area contributed by atoms with Gasteiger partial charge in [-0.2, -0.15) is 0 Å². The van der Waals surface area contributed by atoms with Gasteiger partial charge in [0.25, 0.3) is 5.91 Å². The van der Waals surface area contributed by atoms with Crippen LogP contribution in [0.15, 0.2) is 60.7 Å². The molecule has 0 unspecified atom stereocenters. The maximum absolute atomic E-state index is 13.3. The molecule has 4 aromatic rings. The van der Waals surface area contributed by atoms with Crippen LogP contribution in [-0.4, -0.2) is 40.5 Å². The van der Waals surface area contributed by atoms with Gasteiger partial charge in [0.15, 0.2) is 0 Å². The number of amides is 1. The van der Waals surface area contributed by atoms with E-state index in [0.717, 1.165) is 27.6 Å². The third-order valence-electron chi connectivity index (χ3n) is 5.37. The van der Waals surface area contributed by atoms with Gasteiger partial charge in [0.2, 0.25) is 0 Å². The Morgan fingerprint density at radius 3 is 2.71 bits per heavy atom. The van der Waals surface area contributed by atoms with E-state index in [1.807, 2.05) is 72.5 Å². The number of carbonyl (C=O) groups is 1. The Morgan fingerprint density at radius 2 is 1.89 bits per heavy atom. The summed E-state index contributed by atoms with van der Waals surface area (Å²) in [5.74, 6) is 1.86. The molecule has 1 N–H and O–H groups in total. The summed E-state index contributed by atoms with van der Waals surface area (Å²) < 4.78 is 5.77. The minimum Gasteiger partial charge on any atom is -0.493 e. The first-order valence-corrected chi connectivity index (χ1v) is 9.63. The van der Waals surface area contributed by atoms with Crippen LogP contribution in [0.4, 0.5) is 0 Å². The van der Waals surface area contributed by atoms with Gasteiger partial charge in [0.05, 0.1) is 29.1 Å². The molecule has 1 aliphatic rings. The average molecular weight is 371 g/mol. The summed E-state index contributed by atoms with van der Waals surface area (Å²) in [4.78, 5) is 23.2. The number of imidazole rings is 1. The Kier molecular flexibility index (Phi) is 4.01. The van der Waals surface area contributed by atoms with Gasteiger partial charge >= 0.3 is 0 Å². The number of para-hydroxylation sites is 2. The highest BCUT2D eigenvalue weighted by atomic mass is 16.5. The fourth-order valence-electron chi connectivity index (χ4n) is 3.89. The van der Waals surface area contributed by atoms with Gasteiger partial charge in [0.1, 0.15) is 11.6 Å². The lowest BCUT2D eigenvalue weighted by Gasteiger charge is -2.38. The number of H-pyrrole nitrogens is 1. The van der Waals surface area contributed by atoms with Gasteiger partial charge in [-0.3, -0.25) is 4.79 Å². The molecule has 1 saturated heterocycles. The summed E-state index contributed by atoms with van der Waals surface area (Å²) in [7, 11) is 0. The van der Waals surface area contributed by atoms with Crippen LogP contribution in [0.1, 0.15) is 29.0 Å². The molecule has 28 heavy (non-hydrogen) atoms. The van der Waals surface area contributed by atoms with Crippen molar-refractivity contribution >= 4 is 27.7 Å². The van der Waals surface area contributed by atoms with Crippen LogP contribution in [0.5, 0.6) is 5.75 Å². The quantitative estimate of drug-likeness (QED) is 0.580. The van der Waals surface area contributed by atoms with Crippen LogP contribution in [0.3, 0.4) is 0 Å². The summed E-state index contributed by atoms with van der Waals surface area (Å²) in [6, 6.07) is 19.9. The number of nitrogens with zero attached hydrogens (tertiary/aromatic N) is 2. The number of benzene rings is 3. The maximum Gasteiger partial charge on any atom is 0.258 e. The second kappa shape index (κ2) is 6.68. The average Bonchev–Trinajstić information content (AvgIpc) is 3.10. The van der Waals surface area contributed by atoms with Crippen molar-refractivity contribution in [3.05, 3.63) is 72.1 Å². The van der Waals surface area contributed by atoms with E-state index in [2.05, 4.69) is 9.97 Å². The van der Waals surface area contributed by atoms with E-state index >= 15 is 0 Å². The van der Waals surface area contributed by atoms with Crippen molar-refractivity contribution in [3.8, 4) is 5.75 Å². The van der Waals surface area contributed by atoms with Gasteiger partial charge in [-0.1, -0.05) is 42.5 Å². The van der Waals surface area contributed by atoms with Gasteiger partial charge in [0, 0.05) is 13.1 Å². The standard InChI is InChI=1S/C23H21N3O2/c1-2-28-20-12-11-15-7-3-4-8-17(15)21(20)23(27)26-13-16(14-26)22-24-18-9-5-6-10-19(18)25-22/h3-12,16H,2,13-14H2,1H3,(H,24,25). The number of rotatable bonds is 4. The minimum atomic E-state index is 0.0209. The SMILES string of the molecule is CCOc1ccc2ccccc2c1C(=O)N1CC(c2nc3ccccc3[nH]2)C1. The van der Waals surface area contributed by atoms with Gasteiger partial charge < -0.3 is 14.6 Å². The van der Waals surface area contributed by atoms with Crippen LogP contribution < -0.4 is 4.74 Å². The Bertz CT molecular complexity index is 1140. The van der Waals surface area contributed by atoms with Crippen LogP contribution in [0.25, 0.3) is 21.8 Å². The van der Waals surface area contributed by atoms with Gasteiger partial charge in [-0.05, 0) is 35.9 Å². The number of fused-ring (bicyclic) bond motifs is 2. The topological polar surface area (TPSA) is 58.2 Å². The van der Waals surface area contributed by atoms with Crippen LogP contribution in [-0.2, 0) is 0 Å². The van der Waals surface area contributed by atoms with Crippen molar-refractivity contribution in [1.29, 1.82) is 0 Å². The van der Waals surface area contributed by atoms with Crippen LogP contribution >= 0.6 is 0 Å². The van der Waals surface area contributed by atoms with Crippen molar-refractivity contribution in [2.24, 2.45) is 0 Å². The van der Waals surface area contributed by atoms with Gasteiger partial charge in [-0.15, -0.1) is 0 Å². The summed E-state index contributed by atoms with van der Waals surface area (Å²) in [5.41, 5.74) is 2.66. The number of likely N-dealkylation sites (tertiary alicyclic amines) is 1. The lowest BCUT2D eigenvalue weighted by atomic mass is 9.96. The van der Waals surface area contributed by atoms with E-state index < -0.39 is 0 Å². The molecular formula is C23H21N3O2. The molecule has 5 nitrogen and oxygen atoms in total. The van der Waals surface area contributed by atoms with E-state index in [0.29, 0.717) is 31.0 Å². The minimum absolute atomic E-state index is 0.0209. The molecule has 0 spiro atoms. The highest BCUT2D eigenvalue weighted by molar-refractivity contribution is 6.09. The van der Waals surface area contributed by atoms with Crippen molar-refractivity contribution in [1.82, 2.24) is 14.9 Å². The molecule has 1 fully saturated rings. The fourth-order valence-corrected chi connectivity index (χ4v) is 3.89. The largest absolute Gasteiger partial charge is 0.493 e. The van der Waals surface area contributed by atoms with Gasteiger partial charge in [-0.25, -0.2) is 4.98 Å². The highest BCUT2D eigenvalue weighted by Crippen LogP contribution is 2.33. The normalized spacial score (nSPS) is 14.4. The first kappa shape index (κ1) is 16.8. The molecule has 1 aromatic heterocycles. The number of aromatic amines is 1. The smallest absolute Gasteiger partial charge is 0.258 e. The van der Waals surface area contributed by atoms with E-state index in [-0.39, 0.29) is 11.8 Å².